The highest BCUT2D eigenvalue weighted by Crippen LogP contribution is 2.69. The number of esters is 1. The van der Waals surface area contributed by atoms with Gasteiger partial charge in [-0.25, -0.2) is 0 Å². The molecule has 0 amide bonds. The second kappa shape index (κ2) is 8.78. The van der Waals surface area contributed by atoms with E-state index in [4.69, 9.17) is 18.9 Å². The van der Waals surface area contributed by atoms with Crippen molar-refractivity contribution in [1.82, 2.24) is 0 Å². The lowest BCUT2D eigenvalue weighted by Crippen LogP contribution is -2.60. The molecule has 0 radical (unpaired) electrons. The van der Waals surface area contributed by atoms with Crippen molar-refractivity contribution in [2.24, 2.45) is 46.3 Å². The average Bonchev–Trinajstić information content (AvgIpc) is 3.41. The molecule has 9 atom stereocenters. The smallest absolute Gasteiger partial charge is 0.305 e. The summed E-state index contributed by atoms with van der Waals surface area (Å²) >= 11 is 0. The van der Waals surface area contributed by atoms with Crippen molar-refractivity contribution < 1.29 is 23.7 Å². The fourth-order valence-electron chi connectivity index (χ4n) is 9.77. The minimum Gasteiger partial charge on any atom is -0.469 e. The molecule has 5 fully saturated rings. The third-order valence-electron chi connectivity index (χ3n) is 11.6. The molecule has 4 saturated carbocycles. The molecular formula is C28H46O5. The molecule has 5 aliphatic rings. The molecular weight excluding hydrogens is 416 g/mol. The summed E-state index contributed by atoms with van der Waals surface area (Å²) in [6.45, 7) is 9.05. The number of rotatable bonds is 5. The summed E-state index contributed by atoms with van der Waals surface area (Å²) in [5, 5.41) is 0. The van der Waals surface area contributed by atoms with Gasteiger partial charge >= 0.3 is 5.97 Å². The lowest BCUT2D eigenvalue weighted by atomic mass is 9.43. The minimum atomic E-state index is -0.313. The highest BCUT2D eigenvalue weighted by Gasteiger charge is 2.64. The van der Waals surface area contributed by atoms with E-state index in [9.17, 15) is 4.79 Å². The summed E-state index contributed by atoms with van der Waals surface area (Å²) < 4.78 is 23.5. The Morgan fingerprint density at radius 2 is 1.73 bits per heavy atom. The zero-order chi connectivity index (χ0) is 23.4. The number of fused-ring (bicyclic) bond motifs is 5. The number of carbonyl (C=O) groups excluding carboxylic acids is 1. The number of methoxy groups -OCH3 is 2. The normalized spacial score (nSPS) is 46.9. The molecule has 4 aliphatic carbocycles. The number of ether oxygens (including phenoxy) is 4. The summed E-state index contributed by atoms with van der Waals surface area (Å²) in [6, 6.07) is 0. The SMILES string of the molecule is COC(=O)CCC(C)C1CCC2C3C(OC)CC4CC5(CCC4(C)C3CCC12C)OCCO5. The Morgan fingerprint density at radius 1 is 1.00 bits per heavy atom. The van der Waals surface area contributed by atoms with Gasteiger partial charge in [-0.2, -0.15) is 0 Å². The molecule has 5 nitrogen and oxygen atoms in total. The molecule has 0 aromatic heterocycles. The minimum absolute atomic E-state index is 0.0683. The largest absolute Gasteiger partial charge is 0.469 e. The second-order valence-corrected chi connectivity index (χ2v) is 12.6. The number of hydrogen-bond donors (Lipinski definition) is 0. The summed E-state index contributed by atoms with van der Waals surface area (Å²) in [5.74, 6) is 3.64. The first-order chi connectivity index (χ1) is 15.8. The van der Waals surface area contributed by atoms with E-state index in [1.165, 1.54) is 39.2 Å². The highest BCUT2D eigenvalue weighted by atomic mass is 16.7. The lowest BCUT2D eigenvalue weighted by molar-refractivity contribution is -0.245. The molecule has 0 aromatic carbocycles. The molecule has 5 rings (SSSR count). The van der Waals surface area contributed by atoms with E-state index >= 15 is 0 Å². The Kier molecular flexibility index (Phi) is 6.40. The summed E-state index contributed by atoms with van der Waals surface area (Å²) in [6.07, 6.45) is 11.6. The van der Waals surface area contributed by atoms with Crippen LogP contribution in [0.25, 0.3) is 0 Å². The van der Waals surface area contributed by atoms with Crippen LogP contribution >= 0.6 is 0 Å². The molecule has 188 valence electrons. The van der Waals surface area contributed by atoms with Crippen molar-refractivity contribution in [1.29, 1.82) is 0 Å². The summed E-state index contributed by atoms with van der Waals surface area (Å²) in [5.41, 5.74) is 0.737. The van der Waals surface area contributed by atoms with Crippen LogP contribution < -0.4 is 0 Å². The van der Waals surface area contributed by atoms with Crippen molar-refractivity contribution in [3.05, 3.63) is 0 Å². The van der Waals surface area contributed by atoms with E-state index < -0.39 is 0 Å². The van der Waals surface area contributed by atoms with Gasteiger partial charge in [-0.05, 0) is 91.3 Å². The van der Waals surface area contributed by atoms with Crippen LogP contribution in [0.2, 0.25) is 0 Å². The third kappa shape index (κ3) is 3.80. The van der Waals surface area contributed by atoms with Crippen LogP contribution in [0.1, 0.15) is 85.0 Å². The fraction of sp³-hybridized carbons (Fsp3) is 0.964. The maximum absolute atomic E-state index is 11.8. The van der Waals surface area contributed by atoms with Crippen molar-refractivity contribution in [3.63, 3.8) is 0 Å². The van der Waals surface area contributed by atoms with Gasteiger partial charge in [-0.1, -0.05) is 20.8 Å². The van der Waals surface area contributed by atoms with Crippen LogP contribution in [-0.2, 0) is 23.7 Å². The molecule has 5 heteroatoms. The predicted molar refractivity (Wildman–Crippen MR) is 126 cm³/mol. The molecule has 1 heterocycles. The molecule has 1 spiro atoms. The van der Waals surface area contributed by atoms with Crippen molar-refractivity contribution in [3.8, 4) is 0 Å². The standard InChI is InChI=1S/C28H46O5/c1-18(6-9-24(29)31-5)20-7-8-21-25-22(10-11-27(20,21)3)26(2)12-13-28(32-14-15-33-28)17-19(26)16-23(25)30-4/h18-23,25H,6-17H2,1-5H3. The molecule has 9 unspecified atom stereocenters. The Morgan fingerprint density at radius 3 is 2.42 bits per heavy atom. The van der Waals surface area contributed by atoms with E-state index in [0.29, 0.717) is 47.0 Å². The van der Waals surface area contributed by atoms with Crippen molar-refractivity contribution in [2.45, 2.75) is 96.9 Å². The van der Waals surface area contributed by atoms with Gasteiger partial charge in [0.2, 0.25) is 0 Å². The molecule has 0 N–H and O–H groups in total. The molecule has 1 aliphatic heterocycles. The Balaban J connectivity index is 1.36. The van der Waals surface area contributed by atoms with E-state index in [1.807, 2.05) is 7.11 Å². The van der Waals surface area contributed by atoms with E-state index in [0.717, 1.165) is 50.7 Å². The van der Waals surface area contributed by atoms with Gasteiger partial charge < -0.3 is 18.9 Å². The predicted octanol–water partition coefficient (Wildman–Crippen LogP) is 5.60. The van der Waals surface area contributed by atoms with Gasteiger partial charge in [0.05, 0.1) is 26.4 Å². The van der Waals surface area contributed by atoms with Gasteiger partial charge in [0, 0.05) is 26.4 Å². The molecule has 33 heavy (non-hydrogen) atoms. The van der Waals surface area contributed by atoms with Gasteiger partial charge in [-0.3, -0.25) is 4.79 Å². The first-order valence-corrected chi connectivity index (χ1v) is 13.6. The molecule has 0 aromatic rings. The zero-order valence-corrected chi connectivity index (χ0v) is 21.6. The van der Waals surface area contributed by atoms with E-state index in [2.05, 4.69) is 20.8 Å². The van der Waals surface area contributed by atoms with Crippen LogP contribution in [-0.4, -0.2) is 45.3 Å². The fourth-order valence-corrected chi connectivity index (χ4v) is 9.77. The van der Waals surface area contributed by atoms with Crippen LogP contribution in [0.3, 0.4) is 0 Å². The van der Waals surface area contributed by atoms with E-state index in [1.54, 1.807) is 0 Å². The third-order valence-corrected chi connectivity index (χ3v) is 11.6. The summed E-state index contributed by atoms with van der Waals surface area (Å²) in [4.78, 5) is 11.8. The van der Waals surface area contributed by atoms with E-state index in [-0.39, 0.29) is 11.8 Å². The first kappa shape index (κ1) is 24.1. The monoisotopic (exact) mass is 462 g/mol. The van der Waals surface area contributed by atoms with Crippen LogP contribution in [0.15, 0.2) is 0 Å². The van der Waals surface area contributed by atoms with Gasteiger partial charge in [0.15, 0.2) is 5.79 Å². The Labute approximate surface area is 200 Å². The van der Waals surface area contributed by atoms with Crippen molar-refractivity contribution in [2.75, 3.05) is 27.4 Å². The maximum atomic E-state index is 11.8. The Bertz CT molecular complexity index is 732. The van der Waals surface area contributed by atoms with Crippen LogP contribution in [0.5, 0.6) is 0 Å². The highest BCUT2D eigenvalue weighted by molar-refractivity contribution is 5.69. The topological polar surface area (TPSA) is 54.0 Å². The first-order valence-electron chi connectivity index (χ1n) is 13.6. The zero-order valence-electron chi connectivity index (χ0n) is 21.6. The van der Waals surface area contributed by atoms with Crippen LogP contribution in [0.4, 0.5) is 0 Å². The van der Waals surface area contributed by atoms with Crippen LogP contribution in [0, 0.1) is 46.3 Å². The van der Waals surface area contributed by atoms with Gasteiger partial charge in [-0.15, -0.1) is 0 Å². The second-order valence-electron chi connectivity index (χ2n) is 12.6. The lowest BCUT2D eigenvalue weighted by Gasteiger charge is -2.63. The van der Waals surface area contributed by atoms with Gasteiger partial charge in [0.1, 0.15) is 0 Å². The summed E-state index contributed by atoms with van der Waals surface area (Å²) in [7, 11) is 3.45. The van der Waals surface area contributed by atoms with Gasteiger partial charge in [0.25, 0.3) is 0 Å². The number of carbonyl (C=O) groups is 1. The quantitative estimate of drug-likeness (QED) is 0.498. The van der Waals surface area contributed by atoms with Crippen molar-refractivity contribution >= 4 is 5.97 Å². The number of hydrogen-bond acceptors (Lipinski definition) is 5. The maximum Gasteiger partial charge on any atom is 0.305 e. The average molecular weight is 463 g/mol. The molecule has 1 saturated heterocycles. The Hall–Kier alpha value is -0.650. The molecule has 0 bridgehead atoms.